The van der Waals surface area contributed by atoms with Crippen LogP contribution < -0.4 is 0 Å². The van der Waals surface area contributed by atoms with Crippen LogP contribution in [0.25, 0.3) is 106 Å². The second kappa shape index (κ2) is 20.7. The molecular weight excluding hydrogens is 1110 g/mol. The van der Waals surface area contributed by atoms with Gasteiger partial charge in [0.1, 0.15) is 11.6 Å². The number of rotatable bonds is 10. The Balaban J connectivity index is 0.00000657. The maximum atomic E-state index is 12.8. The number of phenols is 1. The van der Waals surface area contributed by atoms with Crippen molar-refractivity contribution in [1.82, 2.24) is 14.5 Å². The number of fused-ring (bicyclic) bond motifs is 1. The van der Waals surface area contributed by atoms with Gasteiger partial charge >= 0.3 is 0 Å². The summed E-state index contributed by atoms with van der Waals surface area (Å²) in [7, 11) is 0. The number of phenolic OH excluding ortho intramolecular Hbond substituents is 1. The first-order valence-corrected chi connectivity index (χ1v) is 26.0. The fourth-order valence-corrected chi connectivity index (χ4v) is 10.1. The van der Waals surface area contributed by atoms with Crippen molar-refractivity contribution in [3.05, 3.63) is 242 Å². The van der Waals surface area contributed by atoms with Crippen LogP contribution in [0.3, 0.4) is 0 Å². The van der Waals surface area contributed by atoms with Crippen LogP contribution in [0.15, 0.2) is 225 Å². The van der Waals surface area contributed by atoms with Crippen LogP contribution in [-0.4, -0.2) is 19.6 Å². The Morgan fingerprint density at radius 2 is 0.947 bits per heavy atom. The molecular formula is C71H62N3OPt-. The van der Waals surface area contributed by atoms with E-state index in [1.165, 1.54) is 11.1 Å². The van der Waals surface area contributed by atoms with Crippen LogP contribution in [0.1, 0.15) is 66.5 Å². The van der Waals surface area contributed by atoms with Gasteiger partial charge in [-0.25, -0.2) is 4.98 Å². The average Bonchev–Trinajstić information content (AvgIpc) is 3.87. The Kier molecular flexibility index (Phi) is 14.0. The Labute approximate surface area is 463 Å². The first kappa shape index (κ1) is 51.6. The number of imidazole rings is 1. The van der Waals surface area contributed by atoms with Gasteiger partial charge < -0.3 is 5.11 Å². The molecule has 1 N–H and O–H groups in total. The molecule has 4 nitrogen and oxygen atoms in total. The monoisotopic (exact) mass is 1170 g/mol. The van der Waals surface area contributed by atoms with Gasteiger partial charge in [0.25, 0.3) is 0 Å². The number of benzene rings is 9. The molecule has 11 rings (SSSR count). The largest absolute Gasteiger partial charge is 0.507 e. The minimum atomic E-state index is -0.110. The minimum absolute atomic E-state index is 0. The van der Waals surface area contributed by atoms with Gasteiger partial charge in [-0.1, -0.05) is 242 Å². The van der Waals surface area contributed by atoms with Crippen molar-refractivity contribution >= 4 is 11.0 Å². The molecule has 11 aromatic rings. The van der Waals surface area contributed by atoms with Crippen molar-refractivity contribution in [2.45, 2.75) is 66.2 Å². The van der Waals surface area contributed by atoms with E-state index in [1.54, 1.807) is 0 Å². The van der Waals surface area contributed by atoms with Gasteiger partial charge in [-0.05, 0) is 103 Å². The normalized spacial score (nSPS) is 11.9. The van der Waals surface area contributed by atoms with E-state index in [0.717, 1.165) is 94.7 Å². The van der Waals surface area contributed by atoms with E-state index in [1.807, 2.05) is 30.5 Å². The zero-order chi connectivity index (χ0) is 52.1. The molecule has 0 radical (unpaired) electrons. The molecule has 2 heterocycles. The van der Waals surface area contributed by atoms with Gasteiger partial charge in [-0.2, -0.15) is 0 Å². The van der Waals surface area contributed by atoms with Crippen LogP contribution in [0.4, 0.5) is 0 Å². The van der Waals surface area contributed by atoms with Gasteiger partial charge in [0.05, 0.1) is 22.3 Å². The molecule has 2 aromatic heterocycles. The zero-order valence-corrected chi connectivity index (χ0v) is 46.7. The summed E-state index contributed by atoms with van der Waals surface area (Å²) in [4.78, 5) is 10.8. The third-order valence-corrected chi connectivity index (χ3v) is 15.5. The van der Waals surface area contributed by atoms with Crippen molar-refractivity contribution in [3.8, 4) is 101 Å². The molecule has 0 saturated heterocycles. The number of aromatic hydroxyl groups is 1. The van der Waals surface area contributed by atoms with Gasteiger partial charge in [-0.15, -0.1) is 23.8 Å². The topological polar surface area (TPSA) is 50.9 Å². The Hall–Kier alpha value is -7.91. The molecule has 378 valence electrons. The molecule has 0 spiro atoms. The second-order valence-corrected chi connectivity index (χ2v) is 22.4. The molecule has 0 fully saturated rings. The van der Waals surface area contributed by atoms with Crippen LogP contribution >= 0.6 is 0 Å². The Morgan fingerprint density at radius 3 is 1.54 bits per heavy atom. The maximum Gasteiger partial charge on any atom is 0.148 e. The predicted molar refractivity (Wildman–Crippen MR) is 314 cm³/mol. The number of hydrogen-bond acceptors (Lipinski definition) is 3. The summed E-state index contributed by atoms with van der Waals surface area (Å²) in [5, 5.41) is 12.8. The van der Waals surface area contributed by atoms with Crippen molar-refractivity contribution in [3.63, 3.8) is 0 Å². The summed E-state index contributed by atoms with van der Waals surface area (Å²) >= 11 is 0. The second-order valence-electron chi connectivity index (χ2n) is 22.4. The summed E-state index contributed by atoms with van der Waals surface area (Å²) in [5.74, 6) is 0.779. The summed E-state index contributed by atoms with van der Waals surface area (Å²) < 4.78 is 2.26. The molecule has 0 amide bonds. The van der Waals surface area contributed by atoms with E-state index in [0.29, 0.717) is 11.4 Å². The average molecular weight is 1170 g/mol. The summed E-state index contributed by atoms with van der Waals surface area (Å²) in [6.07, 6.45) is 1.91. The molecule has 5 heteroatoms. The number of pyridine rings is 1. The molecule has 76 heavy (non-hydrogen) atoms. The van der Waals surface area contributed by atoms with E-state index in [4.69, 9.17) is 9.97 Å². The fourth-order valence-electron chi connectivity index (χ4n) is 10.1. The summed E-state index contributed by atoms with van der Waals surface area (Å²) in [6.45, 7) is 18.3. The van der Waals surface area contributed by atoms with Crippen molar-refractivity contribution in [2.24, 2.45) is 5.41 Å². The minimum Gasteiger partial charge on any atom is -0.507 e. The summed E-state index contributed by atoms with van der Waals surface area (Å²) in [6, 6.07) is 80.6. The Bertz CT molecular complexity index is 3850. The molecule has 0 aliphatic rings. The van der Waals surface area contributed by atoms with Gasteiger partial charge in [-0.3, -0.25) is 9.55 Å². The fraction of sp³-hybridized carbons (Fsp3) is 0.155. The first-order valence-electron chi connectivity index (χ1n) is 26.0. The van der Waals surface area contributed by atoms with Crippen LogP contribution in [0, 0.1) is 11.5 Å². The Morgan fingerprint density at radius 1 is 0.421 bits per heavy atom. The SMILES string of the molecule is CC(C)(C)c1ccc(-n2c(-c3cc(-c4ccccc4)cc(-c4ccccc4)c3O)nc3c(-c4[c-]c(-c5cc(-c6ccc(C(C)(C)C(C)(C)C)cc6)ccn5)cc(-c5ccccc5)c4)cccc32)c(-c2ccccc2)c1.[Pt]. The number of aromatic nitrogens is 3. The first-order chi connectivity index (χ1) is 36.1. The van der Waals surface area contributed by atoms with E-state index in [2.05, 4.69) is 260 Å². The van der Waals surface area contributed by atoms with Gasteiger partial charge in [0.15, 0.2) is 0 Å². The quantitative estimate of drug-likeness (QED) is 0.139. The zero-order valence-electron chi connectivity index (χ0n) is 44.5. The van der Waals surface area contributed by atoms with Crippen LogP contribution in [0.5, 0.6) is 5.75 Å². The summed E-state index contributed by atoms with van der Waals surface area (Å²) in [5.41, 5.74) is 19.4. The van der Waals surface area contributed by atoms with E-state index >= 15 is 0 Å². The van der Waals surface area contributed by atoms with Crippen molar-refractivity contribution in [2.75, 3.05) is 0 Å². The number of nitrogens with zero attached hydrogens (tertiary/aromatic N) is 3. The molecule has 0 unspecified atom stereocenters. The maximum absolute atomic E-state index is 12.8. The third-order valence-electron chi connectivity index (χ3n) is 15.5. The molecule has 0 aliphatic heterocycles. The van der Waals surface area contributed by atoms with Gasteiger partial charge in [0, 0.05) is 44.1 Å². The van der Waals surface area contributed by atoms with Crippen LogP contribution in [-0.2, 0) is 31.9 Å². The third kappa shape index (κ3) is 9.91. The smallest absolute Gasteiger partial charge is 0.148 e. The van der Waals surface area contributed by atoms with Gasteiger partial charge in [0.2, 0.25) is 0 Å². The number of hydrogen-bond donors (Lipinski definition) is 1. The van der Waals surface area contributed by atoms with Crippen LogP contribution in [0.2, 0.25) is 0 Å². The van der Waals surface area contributed by atoms with Crippen molar-refractivity contribution < 1.29 is 26.2 Å². The molecule has 9 aromatic carbocycles. The van der Waals surface area contributed by atoms with E-state index < -0.39 is 0 Å². The molecule has 0 bridgehead atoms. The van der Waals surface area contributed by atoms with E-state index in [9.17, 15) is 5.11 Å². The number of para-hydroxylation sites is 1. The molecule has 0 atom stereocenters. The molecule has 0 saturated carbocycles. The standard InChI is InChI=1S/C71H62N3O.Pt/c1-69(2,3)58-36-37-64(60(46-58)50-26-17-11-18-27-50)74-65-31-21-30-59(66(65)73-68(74)62-44-54(48-24-15-10-16-25-48)43-61(67(62)75)51-28-19-12-20-29-51)55-40-53(47-22-13-9-14-23-47)41-56(42-55)63-45-52(38-39-72-63)49-32-34-57(35-33-49)71(7,8)70(4,5)6;/h9-41,43-46,75H,1-8H3;/q-1;. The predicted octanol–water partition coefficient (Wildman–Crippen LogP) is 18.9. The van der Waals surface area contributed by atoms with E-state index in [-0.39, 0.29) is 43.1 Å². The molecule has 0 aliphatic carbocycles. The van der Waals surface area contributed by atoms with Crippen molar-refractivity contribution in [1.29, 1.82) is 0 Å².